The fourth-order valence-electron chi connectivity index (χ4n) is 3.70. The Hall–Kier alpha value is -0.370. The van der Waals surface area contributed by atoms with E-state index in [2.05, 4.69) is 6.42 Å². The van der Waals surface area contributed by atoms with Gasteiger partial charge in [0.1, 0.15) is 0 Å². The van der Waals surface area contributed by atoms with Crippen LogP contribution >= 0.6 is 0 Å². The first-order chi connectivity index (χ1) is 9.78. The summed E-state index contributed by atoms with van der Waals surface area (Å²) in [5.74, 6) is 1.90. The fraction of sp³-hybridized carbons (Fsp3) is 0.889. The minimum absolute atomic E-state index is 0.0235. The highest BCUT2D eigenvalue weighted by Gasteiger charge is 2.25. The Morgan fingerprint density at radius 1 is 1.25 bits per heavy atom. The van der Waals surface area contributed by atoms with Crippen LogP contribution in [0.4, 0.5) is 0 Å². The maximum atomic E-state index is 10.4. The zero-order valence-corrected chi connectivity index (χ0v) is 13.0. The van der Waals surface area contributed by atoms with Gasteiger partial charge in [-0.2, -0.15) is 0 Å². The molecule has 4 unspecified atom stereocenters. The zero-order valence-electron chi connectivity index (χ0n) is 13.0. The molecule has 0 heterocycles. The molecule has 0 aromatic carbocycles. The first kappa shape index (κ1) is 16.0. The van der Waals surface area contributed by atoms with Gasteiger partial charge in [0.25, 0.3) is 0 Å². The van der Waals surface area contributed by atoms with E-state index in [4.69, 9.17) is 4.74 Å². The van der Waals surface area contributed by atoms with Crippen molar-refractivity contribution in [3.63, 3.8) is 0 Å². The fourth-order valence-corrected chi connectivity index (χ4v) is 3.70. The summed E-state index contributed by atoms with van der Waals surface area (Å²) in [6.07, 6.45) is 18.0. The molecule has 4 atom stereocenters. The molecule has 0 N–H and O–H groups in total. The minimum Gasteiger partial charge on any atom is -0.378 e. The van der Waals surface area contributed by atoms with Gasteiger partial charge in [0.2, 0.25) is 6.29 Å². The smallest absolute Gasteiger partial charge is 0.201 e. The topological polar surface area (TPSA) is 26.3 Å². The third-order valence-electron chi connectivity index (χ3n) is 5.10. The van der Waals surface area contributed by atoms with Crippen molar-refractivity contribution in [2.45, 2.75) is 77.2 Å². The van der Waals surface area contributed by atoms with Crippen molar-refractivity contribution in [1.29, 1.82) is 0 Å². The summed E-state index contributed by atoms with van der Waals surface area (Å²) in [5, 5.41) is 0. The Morgan fingerprint density at radius 3 is 2.85 bits per heavy atom. The van der Waals surface area contributed by atoms with Crippen LogP contribution in [0, 0.1) is 24.2 Å². The largest absolute Gasteiger partial charge is 0.378 e. The highest BCUT2D eigenvalue weighted by Crippen LogP contribution is 2.34. The lowest BCUT2D eigenvalue weighted by Gasteiger charge is -2.14. The predicted molar refractivity (Wildman–Crippen MR) is 82.0 cm³/mol. The second-order valence-electron chi connectivity index (χ2n) is 6.88. The Kier molecular flexibility index (Phi) is 7.06. The third kappa shape index (κ3) is 5.55. The van der Waals surface area contributed by atoms with Gasteiger partial charge in [-0.1, -0.05) is 32.6 Å². The molecule has 2 fully saturated rings. The molecule has 0 aromatic heterocycles. The maximum absolute atomic E-state index is 10.4. The van der Waals surface area contributed by atoms with E-state index in [0.29, 0.717) is 6.10 Å². The molecule has 114 valence electrons. The van der Waals surface area contributed by atoms with Gasteiger partial charge in [0.05, 0.1) is 6.10 Å². The van der Waals surface area contributed by atoms with Crippen LogP contribution in [0.5, 0.6) is 0 Å². The maximum Gasteiger partial charge on any atom is 0.201 e. The summed E-state index contributed by atoms with van der Waals surface area (Å²) in [5.41, 5.74) is 0. The molecular weight excluding hydrogens is 248 g/mol. The van der Waals surface area contributed by atoms with E-state index in [1.54, 1.807) is 0 Å². The third-order valence-corrected chi connectivity index (χ3v) is 5.10. The molecule has 2 nitrogen and oxygen atoms in total. The zero-order chi connectivity index (χ0) is 14.2. The summed E-state index contributed by atoms with van der Waals surface area (Å²) in [7, 11) is 0. The molecule has 2 rings (SSSR count). The average molecular weight is 278 g/mol. The van der Waals surface area contributed by atoms with Gasteiger partial charge in [-0.15, -0.1) is 0 Å². The van der Waals surface area contributed by atoms with Gasteiger partial charge in [-0.25, -0.2) is 0 Å². The molecule has 0 aliphatic heterocycles. The van der Waals surface area contributed by atoms with Crippen LogP contribution < -0.4 is 0 Å². The second kappa shape index (κ2) is 8.81. The molecule has 0 saturated heterocycles. The second-order valence-corrected chi connectivity index (χ2v) is 6.88. The van der Waals surface area contributed by atoms with Gasteiger partial charge >= 0.3 is 0 Å². The Balaban J connectivity index is 1.50. The number of hydrogen-bond acceptors (Lipinski definition) is 2. The van der Waals surface area contributed by atoms with E-state index < -0.39 is 0 Å². The van der Waals surface area contributed by atoms with Crippen LogP contribution in [0.1, 0.15) is 71.1 Å². The number of carbonyl (C=O) groups excluding carboxylic acids is 1. The predicted octanol–water partition coefficient (Wildman–Crippen LogP) is 4.48. The van der Waals surface area contributed by atoms with Crippen LogP contribution in [-0.2, 0) is 9.53 Å². The molecule has 20 heavy (non-hydrogen) atoms. The van der Waals surface area contributed by atoms with Crippen molar-refractivity contribution in [2.75, 3.05) is 6.61 Å². The number of hydrogen-bond donors (Lipinski definition) is 0. The van der Waals surface area contributed by atoms with Gasteiger partial charge in [0.15, 0.2) is 0 Å². The molecule has 0 amide bonds. The minimum atomic E-state index is 0.0235. The van der Waals surface area contributed by atoms with Gasteiger partial charge < -0.3 is 4.74 Å². The van der Waals surface area contributed by atoms with Crippen molar-refractivity contribution < 1.29 is 9.53 Å². The Morgan fingerprint density at radius 2 is 2.10 bits per heavy atom. The SMILES string of the molecule is CC([C]=O)CCOC1CCC(CCCC2C[CH]CC2)C1. The molecular formula is C18H30O2. The molecule has 2 aliphatic rings. The number of rotatable bonds is 9. The highest BCUT2D eigenvalue weighted by atomic mass is 16.5. The van der Waals surface area contributed by atoms with E-state index in [-0.39, 0.29) is 5.92 Å². The van der Waals surface area contributed by atoms with Crippen LogP contribution in [0.3, 0.4) is 0 Å². The molecule has 2 aliphatic carbocycles. The molecule has 0 bridgehead atoms. The van der Waals surface area contributed by atoms with Gasteiger partial charge in [-0.05, 0) is 56.8 Å². The normalized spacial score (nSPS) is 28.9. The molecule has 2 saturated carbocycles. The van der Waals surface area contributed by atoms with Crippen molar-refractivity contribution in [2.24, 2.45) is 17.8 Å². The first-order valence-corrected chi connectivity index (χ1v) is 8.59. The lowest BCUT2D eigenvalue weighted by molar-refractivity contribution is 0.0505. The Bertz CT molecular complexity index is 271. The monoisotopic (exact) mass is 278 g/mol. The van der Waals surface area contributed by atoms with Crippen LogP contribution in [0.2, 0.25) is 0 Å². The van der Waals surface area contributed by atoms with E-state index in [1.807, 2.05) is 13.2 Å². The Labute approximate surface area is 124 Å². The molecule has 0 aromatic rings. The van der Waals surface area contributed by atoms with Gasteiger partial charge in [0, 0.05) is 12.5 Å². The van der Waals surface area contributed by atoms with E-state index in [1.165, 1.54) is 57.8 Å². The lowest BCUT2D eigenvalue weighted by Crippen LogP contribution is -2.12. The summed E-state index contributed by atoms with van der Waals surface area (Å²) in [4.78, 5) is 10.4. The summed E-state index contributed by atoms with van der Waals surface area (Å²) in [6.45, 7) is 2.64. The first-order valence-electron chi connectivity index (χ1n) is 8.59. The number of ether oxygens (including phenoxy) is 1. The van der Waals surface area contributed by atoms with Crippen LogP contribution in [0.15, 0.2) is 0 Å². The van der Waals surface area contributed by atoms with Crippen LogP contribution in [-0.4, -0.2) is 19.0 Å². The van der Waals surface area contributed by atoms with Crippen molar-refractivity contribution in [3.8, 4) is 0 Å². The quantitative estimate of drug-likeness (QED) is 0.621. The van der Waals surface area contributed by atoms with Gasteiger partial charge in [-0.3, -0.25) is 4.79 Å². The van der Waals surface area contributed by atoms with Crippen molar-refractivity contribution in [1.82, 2.24) is 0 Å². The summed E-state index contributed by atoms with van der Waals surface area (Å²) >= 11 is 0. The average Bonchev–Trinajstić information content (AvgIpc) is 3.10. The molecule has 2 heteroatoms. The van der Waals surface area contributed by atoms with Crippen LogP contribution in [0.25, 0.3) is 0 Å². The lowest BCUT2D eigenvalue weighted by atomic mass is 9.95. The summed E-state index contributed by atoms with van der Waals surface area (Å²) < 4.78 is 5.90. The summed E-state index contributed by atoms with van der Waals surface area (Å²) in [6, 6.07) is 0. The van der Waals surface area contributed by atoms with Crippen molar-refractivity contribution in [3.05, 3.63) is 6.42 Å². The van der Waals surface area contributed by atoms with E-state index in [9.17, 15) is 4.79 Å². The molecule has 0 spiro atoms. The highest BCUT2D eigenvalue weighted by molar-refractivity contribution is 5.53. The standard InChI is InChI=1S/C18H30O2/c1-15(14-19)11-12-20-18-10-9-17(13-18)8-4-7-16-5-2-3-6-16/h2,15-18H,3-13H2,1H3. The molecule has 2 radical (unpaired) electrons. The van der Waals surface area contributed by atoms with E-state index in [0.717, 1.165) is 24.9 Å². The van der Waals surface area contributed by atoms with Crippen molar-refractivity contribution >= 4 is 6.29 Å². The van der Waals surface area contributed by atoms with E-state index >= 15 is 0 Å².